The molecule has 0 aromatic carbocycles. The Morgan fingerprint density at radius 1 is 1.60 bits per heavy atom. The van der Waals surface area contributed by atoms with Gasteiger partial charge >= 0.3 is 0 Å². The summed E-state index contributed by atoms with van der Waals surface area (Å²) in [6.45, 7) is 4.17. The van der Waals surface area contributed by atoms with Crippen molar-refractivity contribution in [3.63, 3.8) is 0 Å². The Bertz CT molecular complexity index is 195. The molecule has 3 nitrogen and oxygen atoms in total. The van der Waals surface area contributed by atoms with Gasteiger partial charge in [-0.3, -0.25) is 0 Å². The van der Waals surface area contributed by atoms with E-state index < -0.39 is 0 Å². The largest absolute Gasteiger partial charge is 0.382 e. The predicted octanol–water partition coefficient (Wildman–Crippen LogP) is 1.47. The van der Waals surface area contributed by atoms with Crippen LogP contribution in [0.4, 0.5) is 5.82 Å². The Hall–Kier alpha value is -0.700. The fourth-order valence-corrected chi connectivity index (χ4v) is 0.635. The highest BCUT2D eigenvalue weighted by molar-refractivity contribution is 5.85. The number of aromatic nitrogens is 2. The van der Waals surface area contributed by atoms with Crippen molar-refractivity contribution in [1.29, 1.82) is 0 Å². The molecule has 10 heavy (non-hydrogen) atoms. The summed E-state index contributed by atoms with van der Waals surface area (Å²) in [5, 5.41) is 0. The van der Waals surface area contributed by atoms with E-state index in [0.29, 0.717) is 11.9 Å². The molecule has 0 aliphatic rings. The second-order valence-corrected chi connectivity index (χ2v) is 2.34. The molecule has 58 valence electrons. The number of halogens is 1. The van der Waals surface area contributed by atoms with Gasteiger partial charge in [0.1, 0.15) is 5.82 Å². The van der Waals surface area contributed by atoms with Crippen molar-refractivity contribution in [2.24, 2.45) is 0 Å². The first-order valence-electron chi connectivity index (χ1n) is 2.99. The Labute approximate surface area is 66.7 Å². The van der Waals surface area contributed by atoms with E-state index in [1.165, 1.54) is 0 Å². The molecule has 0 spiro atoms. The van der Waals surface area contributed by atoms with Crippen LogP contribution in [0.15, 0.2) is 12.5 Å². The zero-order valence-corrected chi connectivity index (χ0v) is 6.93. The molecule has 1 rings (SSSR count). The summed E-state index contributed by atoms with van der Waals surface area (Å²) in [5.74, 6) is 0.587. The Morgan fingerprint density at radius 3 is 2.40 bits per heavy atom. The Balaban J connectivity index is 0.000000810. The van der Waals surface area contributed by atoms with Crippen LogP contribution in [0.3, 0.4) is 0 Å². The molecule has 0 aliphatic heterocycles. The topological polar surface area (TPSA) is 43.8 Å². The summed E-state index contributed by atoms with van der Waals surface area (Å²) in [6, 6.07) is 0.454. The molecule has 1 aromatic heterocycles. The smallest absolute Gasteiger partial charge is 0.141 e. The van der Waals surface area contributed by atoms with Gasteiger partial charge < -0.3 is 10.3 Å². The quantitative estimate of drug-likeness (QED) is 0.678. The van der Waals surface area contributed by atoms with Crippen molar-refractivity contribution in [2.75, 3.05) is 5.73 Å². The monoisotopic (exact) mass is 161 g/mol. The van der Waals surface area contributed by atoms with Gasteiger partial charge in [-0.2, -0.15) is 0 Å². The summed E-state index contributed by atoms with van der Waals surface area (Å²) in [6.07, 6.45) is 3.56. The number of imidazole rings is 1. The van der Waals surface area contributed by atoms with E-state index in [1.807, 2.05) is 10.8 Å². The fraction of sp³-hybridized carbons (Fsp3) is 0.500. The van der Waals surface area contributed by atoms with Gasteiger partial charge in [-0.25, -0.2) is 4.98 Å². The number of nitrogens with two attached hydrogens (primary N) is 1. The summed E-state index contributed by atoms with van der Waals surface area (Å²) in [4.78, 5) is 3.88. The van der Waals surface area contributed by atoms with Gasteiger partial charge in [0.05, 0.1) is 6.33 Å². The van der Waals surface area contributed by atoms with Gasteiger partial charge in [0, 0.05) is 12.2 Å². The Morgan fingerprint density at radius 2 is 2.20 bits per heavy atom. The fourth-order valence-electron chi connectivity index (χ4n) is 0.635. The molecule has 4 heteroatoms. The standard InChI is InChI=1S/C6H11N3.ClH/c1-5(2)9-3-6(7)8-4-9;/h3-5H,7H2,1-2H3;1H. The predicted molar refractivity (Wildman–Crippen MR) is 44.3 cm³/mol. The van der Waals surface area contributed by atoms with Crippen molar-refractivity contribution in [3.05, 3.63) is 12.5 Å². The lowest BCUT2D eigenvalue weighted by Crippen LogP contribution is -1.95. The summed E-state index contributed by atoms with van der Waals surface area (Å²) in [7, 11) is 0. The molecule has 0 bridgehead atoms. The maximum absolute atomic E-state index is 5.38. The number of anilines is 1. The first-order chi connectivity index (χ1) is 4.20. The van der Waals surface area contributed by atoms with Crippen LogP contribution in [-0.4, -0.2) is 9.55 Å². The second-order valence-electron chi connectivity index (χ2n) is 2.34. The lowest BCUT2D eigenvalue weighted by Gasteiger charge is -2.02. The molecule has 1 aromatic rings. The van der Waals surface area contributed by atoms with Crippen molar-refractivity contribution >= 4 is 18.2 Å². The van der Waals surface area contributed by atoms with E-state index in [9.17, 15) is 0 Å². The number of nitrogens with zero attached hydrogens (tertiary/aromatic N) is 2. The van der Waals surface area contributed by atoms with Crippen LogP contribution >= 0.6 is 12.4 Å². The zero-order chi connectivity index (χ0) is 6.85. The van der Waals surface area contributed by atoms with Gasteiger partial charge in [0.15, 0.2) is 0 Å². The normalized spacial score (nSPS) is 9.50. The summed E-state index contributed by atoms with van der Waals surface area (Å²) < 4.78 is 1.97. The maximum Gasteiger partial charge on any atom is 0.141 e. The van der Waals surface area contributed by atoms with Crippen LogP contribution in [0.2, 0.25) is 0 Å². The molecule has 0 saturated carbocycles. The lowest BCUT2D eigenvalue weighted by atomic mass is 10.4. The van der Waals surface area contributed by atoms with Gasteiger partial charge in [-0.05, 0) is 13.8 Å². The molecule has 0 fully saturated rings. The zero-order valence-electron chi connectivity index (χ0n) is 6.11. The third-order valence-corrected chi connectivity index (χ3v) is 1.22. The minimum Gasteiger partial charge on any atom is -0.382 e. The van der Waals surface area contributed by atoms with Crippen molar-refractivity contribution < 1.29 is 0 Å². The average Bonchev–Trinajstić information content (AvgIpc) is 2.14. The average molecular weight is 162 g/mol. The Kier molecular flexibility index (Phi) is 3.22. The van der Waals surface area contributed by atoms with Crippen LogP contribution in [0.5, 0.6) is 0 Å². The van der Waals surface area contributed by atoms with Crippen LogP contribution < -0.4 is 5.73 Å². The molecular weight excluding hydrogens is 150 g/mol. The van der Waals surface area contributed by atoms with Gasteiger partial charge in [-0.15, -0.1) is 12.4 Å². The summed E-state index contributed by atoms with van der Waals surface area (Å²) >= 11 is 0. The highest BCUT2D eigenvalue weighted by atomic mass is 35.5. The number of nitrogen functional groups attached to an aromatic ring is 1. The molecule has 0 aliphatic carbocycles. The molecule has 0 atom stereocenters. The van der Waals surface area contributed by atoms with Crippen LogP contribution in [0.25, 0.3) is 0 Å². The lowest BCUT2D eigenvalue weighted by molar-refractivity contribution is 0.600. The van der Waals surface area contributed by atoms with E-state index in [0.717, 1.165) is 0 Å². The van der Waals surface area contributed by atoms with E-state index in [4.69, 9.17) is 5.73 Å². The number of hydrogen-bond donors (Lipinski definition) is 1. The number of hydrogen-bond acceptors (Lipinski definition) is 2. The van der Waals surface area contributed by atoms with E-state index in [1.54, 1.807) is 6.33 Å². The summed E-state index contributed by atoms with van der Waals surface area (Å²) in [5.41, 5.74) is 5.38. The highest BCUT2D eigenvalue weighted by Crippen LogP contribution is 2.04. The molecule has 0 radical (unpaired) electrons. The molecule has 1 heterocycles. The first-order valence-corrected chi connectivity index (χ1v) is 2.99. The SMILES string of the molecule is CC(C)n1cnc(N)c1.Cl. The van der Waals surface area contributed by atoms with Crippen molar-refractivity contribution in [2.45, 2.75) is 19.9 Å². The third-order valence-electron chi connectivity index (χ3n) is 1.22. The molecule has 0 amide bonds. The van der Waals surface area contributed by atoms with Crippen LogP contribution in [-0.2, 0) is 0 Å². The van der Waals surface area contributed by atoms with E-state index in [-0.39, 0.29) is 12.4 Å². The minimum absolute atomic E-state index is 0. The van der Waals surface area contributed by atoms with Gasteiger partial charge in [-0.1, -0.05) is 0 Å². The molecule has 0 saturated heterocycles. The molecular formula is C6H12ClN3. The van der Waals surface area contributed by atoms with Crippen molar-refractivity contribution in [3.8, 4) is 0 Å². The van der Waals surface area contributed by atoms with E-state index in [2.05, 4.69) is 18.8 Å². The second kappa shape index (κ2) is 3.46. The minimum atomic E-state index is 0. The van der Waals surface area contributed by atoms with E-state index >= 15 is 0 Å². The third kappa shape index (κ3) is 1.92. The van der Waals surface area contributed by atoms with Crippen LogP contribution in [0.1, 0.15) is 19.9 Å². The number of rotatable bonds is 1. The van der Waals surface area contributed by atoms with Crippen molar-refractivity contribution in [1.82, 2.24) is 9.55 Å². The molecule has 2 N–H and O–H groups in total. The van der Waals surface area contributed by atoms with Crippen LogP contribution in [0, 0.1) is 0 Å². The maximum atomic E-state index is 5.38. The molecule has 0 unspecified atom stereocenters. The van der Waals surface area contributed by atoms with Gasteiger partial charge in [0.2, 0.25) is 0 Å². The van der Waals surface area contributed by atoms with Gasteiger partial charge in [0.25, 0.3) is 0 Å². The first kappa shape index (κ1) is 9.30. The highest BCUT2D eigenvalue weighted by Gasteiger charge is 1.95.